The third kappa shape index (κ3) is 2.75. The highest BCUT2D eigenvalue weighted by Crippen LogP contribution is 2.21. The van der Waals surface area contributed by atoms with E-state index in [0.717, 1.165) is 48.8 Å². The molecule has 0 atom stereocenters. The summed E-state index contributed by atoms with van der Waals surface area (Å²) in [7, 11) is 0. The van der Waals surface area contributed by atoms with E-state index in [4.69, 9.17) is 4.98 Å². The van der Waals surface area contributed by atoms with E-state index in [1.165, 1.54) is 5.56 Å². The average molecular weight is 309 g/mol. The minimum atomic E-state index is 0.786. The predicted octanol–water partition coefficient (Wildman–Crippen LogP) is 2.55. The second kappa shape index (κ2) is 5.90. The molecular weight excluding hydrogens is 294 g/mol. The van der Waals surface area contributed by atoms with E-state index in [0.29, 0.717) is 0 Å². The molecule has 0 radical (unpaired) electrons. The molecule has 6 heteroatoms. The van der Waals surface area contributed by atoms with Crippen LogP contribution in [0, 0.1) is 0 Å². The number of fused-ring (bicyclic) bond motifs is 1. The number of pyridine rings is 1. The molecule has 5 nitrogen and oxygen atoms in total. The van der Waals surface area contributed by atoms with E-state index in [-0.39, 0.29) is 0 Å². The Hall–Kier alpha value is -2.18. The Morgan fingerprint density at radius 2 is 2.09 bits per heavy atom. The second-order valence-corrected chi connectivity index (χ2v) is 6.06. The summed E-state index contributed by atoms with van der Waals surface area (Å²) < 4.78 is 0. The first-order valence-corrected chi connectivity index (χ1v) is 8.17. The molecular formula is C16H15N5S. The molecule has 0 aromatic carbocycles. The zero-order valence-electron chi connectivity index (χ0n) is 12.0. The lowest BCUT2D eigenvalue weighted by molar-refractivity contribution is 0.240. The Labute approximate surface area is 132 Å². The van der Waals surface area contributed by atoms with Crippen LogP contribution >= 0.6 is 11.3 Å². The van der Waals surface area contributed by atoms with Gasteiger partial charge in [-0.05, 0) is 12.1 Å². The Bertz CT molecular complexity index is 757. The third-order valence-electron chi connectivity index (χ3n) is 3.82. The molecule has 0 saturated carbocycles. The van der Waals surface area contributed by atoms with Crippen LogP contribution in [0.25, 0.3) is 11.4 Å². The third-order valence-corrected chi connectivity index (χ3v) is 4.46. The van der Waals surface area contributed by atoms with E-state index >= 15 is 0 Å². The Balaban J connectivity index is 1.54. The van der Waals surface area contributed by atoms with Gasteiger partial charge in [0.2, 0.25) is 0 Å². The molecule has 0 aliphatic carbocycles. The highest BCUT2D eigenvalue weighted by Gasteiger charge is 2.19. The molecule has 0 fully saturated rings. The van der Waals surface area contributed by atoms with Gasteiger partial charge < -0.3 is 0 Å². The van der Waals surface area contributed by atoms with Crippen molar-refractivity contribution in [3.63, 3.8) is 0 Å². The Kier molecular flexibility index (Phi) is 3.62. The van der Waals surface area contributed by atoms with Crippen LogP contribution in [-0.2, 0) is 19.5 Å². The van der Waals surface area contributed by atoms with Gasteiger partial charge in [0.05, 0.1) is 16.9 Å². The first kappa shape index (κ1) is 13.5. The van der Waals surface area contributed by atoms with Crippen LogP contribution in [0.4, 0.5) is 0 Å². The quantitative estimate of drug-likeness (QED) is 0.744. The number of aromatic nitrogens is 4. The van der Waals surface area contributed by atoms with Crippen molar-refractivity contribution in [3.8, 4) is 11.4 Å². The van der Waals surface area contributed by atoms with Crippen LogP contribution in [0.2, 0.25) is 0 Å². The topological polar surface area (TPSA) is 54.8 Å². The van der Waals surface area contributed by atoms with Gasteiger partial charge in [0.1, 0.15) is 0 Å². The molecule has 3 aromatic heterocycles. The second-order valence-electron chi connectivity index (χ2n) is 5.34. The summed E-state index contributed by atoms with van der Waals surface area (Å²) in [6.45, 7) is 2.80. The van der Waals surface area contributed by atoms with Crippen LogP contribution in [0.1, 0.15) is 17.0 Å². The van der Waals surface area contributed by atoms with Gasteiger partial charge in [-0.25, -0.2) is 15.0 Å². The maximum Gasteiger partial charge on any atom is 0.159 e. The van der Waals surface area contributed by atoms with Crippen LogP contribution < -0.4 is 0 Å². The molecule has 0 unspecified atom stereocenters. The van der Waals surface area contributed by atoms with Crippen molar-refractivity contribution in [3.05, 3.63) is 58.6 Å². The minimum absolute atomic E-state index is 0.786. The first-order chi connectivity index (χ1) is 10.9. The van der Waals surface area contributed by atoms with Gasteiger partial charge in [0.15, 0.2) is 5.82 Å². The van der Waals surface area contributed by atoms with Crippen molar-refractivity contribution in [1.29, 1.82) is 0 Å². The minimum Gasteiger partial charge on any atom is -0.293 e. The smallest absolute Gasteiger partial charge is 0.159 e. The van der Waals surface area contributed by atoms with Crippen LogP contribution in [0.15, 0.2) is 41.6 Å². The summed E-state index contributed by atoms with van der Waals surface area (Å²) >= 11 is 1.65. The standard InChI is InChI=1S/C16H15N5S/c1-4-17-5-2-12(1)16-18-7-13-8-21(6-3-15(13)20-16)9-14-10-22-11-19-14/h1-2,4-5,7,10-11H,3,6,8-9H2. The van der Waals surface area contributed by atoms with Gasteiger partial charge in [-0.15, -0.1) is 11.3 Å². The summed E-state index contributed by atoms with van der Waals surface area (Å²) in [5.74, 6) is 0.786. The van der Waals surface area contributed by atoms with Crippen molar-refractivity contribution in [2.75, 3.05) is 6.54 Å². The van der Waals surface area contributed by atoms with E-state index in [1.54, 1.807) is 23.7 Å². The molecule has 0 bridgehead atoms. The average Bonchev–Trinajstić information content (AvgIpc) is 3.08. The fraction of sp³-hybridized carbons (Fsp3) is 0.250. The number of hydrogen-bond acceptors (Lipinski definition) is 6. The van der Waals surface area contributed by atoms with E-state index in [9.17, 15) is 0 Å². The molecule has 4 heterocycles. The van der Waals surface area contributed by atoms with E-state index in [2.05, 4.69) is 25.2 Å². The fourth-order valence-electron chi connectivity index (χ4n) is 2.69. The molecule has 3 aromatic rings. The Morgan fingerprint density at radius 3 is 2.91 bits per heavy atom. The molecule has 4 rings (SSSR count). The molecule has 0 spiro atoms. The maximum atomic E-state index is 4.74. The lowest BCUT2D eigenvalue weighted by Gasteiger charge is -2.27. The van der Waals surface area contributed by atoms with Crippen LogP contribution in [0.3, 0.4) is 0 Å². The predicted molar refractivity (Wildman–Crippen MR) is 85.2 cm³/mol. The van der Waals surface area contributed by atoms with Gasteiger partial charge >= 0.3 is 0 Å². The van der Waals surface area contributed by atoms with Gasteiger partial charge in [-0.2, -0.15) is 0 Å². The monoisotopic (exact) mass is 309 g/mol. The molecule has 1 aliphatic heterocycles. The molecule has 0 amide bonds. The first-order valence-electron chi connectivity index (χ1n) is 7.23. The maximum absolute atomic E-state index is 4.74. The number of nitrogens with zero attached hydrogens (tertiary/aromatic N) is 5. The highest BCUT2D eigenvalue weighted by atomic mass is 32.1. The van der Waals surface area contributed by atoms with Gasteiger partial charge in [0.25, 0.3) is 0 Å². The normalized spacial score (nSPS) is 14.7. The fourth-order valence-corrected chi connectivity index (χ4v) is 3.24. The SMILES string of the molecule is c1cc(-c2ncc3c(n2)CCN(Cc2cscn2)C3)ccn1. The van der Waals surface area contributed by atoms with E-state index in [1.807, 2.05) is 23.8 Å². The van der Waals surface area contributed by atoms with Gasteiger partial charge in [0, 0.05) is 61.2 Å². The number of thiazole rings is 1. The lowest BCUT2D eigenvalue weighted by Crippen LogP contribution is -2.31. The van der Waals surface area contributed by atoms with Crippen molar-refractivity contribution in [1.82, 2.24) is 24.8 Å². The summed E-state index contributed by atoms with van der Waals surface area (Å²) in [5.41, 5.74) is 6.43. The number of rotatable bonds is 3. The molecule has 22 heavy (non-hydrogen) atoms. The largest absolute Gasteiger partial charge is 0.293 e. The molecule has 1 aliphatic rings. The molecule has 0 N–H and O–H groups in total. The lowest BCUT2D eigenvalue weighted by atomic mass is 10.1. The van der Waals surface area contributed by atoms with Crippen molar-refractivity contribution in [2.24, 2.45) is 0 Å². The van der Waals surface area contributed by atoms with Crippen molar-refractivity contribution in [2.45, 2.75) is 19.5 Å². The summed E-state index contributed by atoms with van der Waals surface area (Å²) in [6.07, 6.45) is 6.47. The van der Waals surface area contributed by atoms with Gasteiger partial charge in [-0.1, -0.05) is 0 Å². The van der Waals surface area contributed by atoms with Gasteiger partial charge in [-0.3, -0.25) is 9.88 Å². The summed E-state index contributed by atoms with van der Waals surface area (Å²) in [6, 6.07) is 3.89. The summed E-state index contributed by atoms with van der Waals surface area (Å²) in [5, 5.41) is 2.11. The summed E-state index contributed by atoms with van der Waals surface area (Å²) in [4.78, 5) is 20.0. The molecule has 110 valence electrons. The zero-order valence-corrected chi connectivity index (χ0v) is 12.8. The van der Waals surface area contributed by atoms with Crippen LogP contribution in [-0.4, -0.2) is 31.4 Å². The van der Waals surface area contributed by atoms with Crippen molar-refractivity contribution >= 4 is 11.3 Å². The number of hydrogen-bond donors (Lipinski definition) is 0. The van der Waals surface area contributed by atoms with E-state index < -0.39 is 0 Å². The molecule has 0 saturated heterocycles. The van der Waals surface area contributed by atoms with Crippen molar-refractivity contribution < 1.29 is 0 Å². The highest BCUT2D eigenvalue weighted by molar-refractivity contribution is 7.07. The Morgan fingerprint density at radius 1 is 1.18 bits per heavy atom. The zero-order chi connectivity index (χ0) is 14.8. The van der Waals surface area contributed by atoms with Crippen LogP contribution in [0.5, 0.6) is 0 Å².